The number of benzene rings is 1. The first kappa shape index (κ1) is 20.7. The van der Waals surface area contributed by atoms with Crippen LogP contribution in [-0.2, 0) is 10.0 Å². The summed E-state index contributed by atoms with van der Waals surface area (Å²) < 4.78 is 28.3. The predicted molar refractivity (Wildman–Crippen MR) is 118 cm³/mol. The van der Waals surface area contributed by atoms with Gasteiger partial charge in [0.05, 0.1) is 5.52 Å². The van der Waals surface area contributed by atoms with E-state index < -0.39 is 10.0 Å². The van der Waals surface area contributed by atoms with Crippen LogP contribution in [0.1, 0.15) is 36.8 Å². The van der Waals surface area contributed by atoms with Crippen molar-refractivity contribution in [3.05, 3.63) is 53.6 Å². The highest BCUT2D eigenvalue weighted by atomic mass is 32.2. The molecule has 3 heterocycles. The molecule has 0 radical (unpaired) electrons. The molecule has 1 aromatic carbocycles. The fourth-order valence-electron chi connectivity index (χ4n) is 3.74. The molecule has 0 amide bonds. The summed E-state index contributed by atoms with van der Waals surface area (Å²) in [6, 6.07) is 9.25. The Balaban J connectivity index is 1.57. The fraction of sp³-hybridized carbons (Fsp3) is 0.409. The lowest BCUT2D eigenvalue weighted by Crippen LogP contribution is -2.49. The average molecular weight is 426 g/mol. The van der Waals surface area contributed by atoms with Crippen LogP contribution in [0.15, 0.2) is 41.4 Å². The van der Waals surface area contributed by atoms with Gasteiger partial charge >= 0.3 is 0 Å². The Kier molecular flexibility index (Phi) is 5.46. The summed E-state index contributed by atoms with van der Waals surface area (Å²) in [4.78, 5) is 16.0. The molecule has 1 aliphatic heterocycles. The molecule has 0 spiro atoms. The maximum atomic E-state index is 13.4. The van der Waals surface area contributed by atoms with Crippen LogP contribution < -0.4 is 4.90 Å². The number of aryl methyl sites for hydroxylation is 2. The Bertz CT molecular complexity index is 1190. The highest BCUT2D eigenvalue weighted by Crippen LogP contribution is 2.26. The largest absolute Gasteiger partial charge is 0.354 e. The van der Waals surface area contributed by atoms with Crippen LogP contribution in [0.4, 0.5) is 5.82 Å². The third kappa shape index (κ3) is 3.89. The summed E-state index contributed by atoms with van der Waals surface area (Å²) in [5.74, 6) is 1.93. The third-order valence-electron chi connectivity index (χ3n) is 5.37. The van der Waals surface area contributed by atoms with Crippen molar-refractivity contribution in [1.82, 2.24) is 19.3 Å². The Labute approximate surface area is 177 Å². The number of hydrogen-bond donors (Lipinski definition) is 0. The van der Waals surface area contributed by atoms with Crippen molar-refractivity contribution in [2.24, 2.45) is 0 Å². The lowest BCUT2D eigenvalue weighted by atomic mass is 10.2. The van der Waals surface area contributed by atoms with Crippen molar-refractivity contribution in [2.75, 3.05) is 31.1 Å². The van der Waals surface area contributed by atoms with Crippen LogP contribution in [-0.4, -0.2) is 53.9 Å². The monoisotopic (exact) mass is 425 g/mol. The Morgan fingerprint density at radius 3 is 2.43 bits per heavy atom. The van der Waals surface area contributed by atoms with Gasteiger partial charge in [-0.15, -0.1) is 0 Å². The highest BCUT2D eigenvalue weighted by molar-refractivity contribution is 7.89. The topological polar surface area (TPSA) is 79.3 Å². The van der Waals surface area contributed by atoms with E-state index in [-0.39, 0.29) is 10.8 Å². The molecular weight excluding hydrogens is 398 g/mol. The summed E-state index contributed by atoms with van der Waals surface area (Å²) in [5.41, 5.74) is 2.46. The van der Waals surface area contributed by atoms with Gasteiger partial charge in [0.25, 0.3) is 0 Å². The number of anilines is 1. The van der Waals surface area contributed by atoms with Gasteiger partial charge in [0.2, 0.25) is 10.0 Å². The number of rotatable bonds is 4. The number of nitrogens with zero attached hydrogens (tertiary/aromatic N) is 5. The minimum absolute atomic E-state index is 0.243. The lowest BCUT2D eigenvalue weighted by Gasteiger charge is -2.35. The first-order valence-corrected chi connectivity index (χ1v) is 11.7. The second-order valence-corrected chi connectivity index (χ2v) is 10.0. The molecule has 0 bridgehead atoms. The first-order chi connectivity index (χ1) is 14.3. The molecule has 8 heteroatoms. The third-order valence-corrected chi connectivity index (χ3v) is 7.30. The summed E-state index contributed by atoms with van der Waals surface area (Å²) in [7, 11) is -3.63. The van der Waals surface area contributed by atoms with Crippen molar-refractivity contribution in [1.29, 1.82) is 0 Å². The molecule has 0 unspecified atom stereocenters. The van der Waals surface area contributed by atoms with Crippen LogP contribution in [0, 0.1) is 13.8 Å². The average Bonchev–Trinajstić information content (AvgIpc) is 2.72. The van der Waals surface area contributed by atoms with Gasteiger partial charge in [0, 0.05) is 55.4 Å². The lowest BCUT2D eigenvalue weighted by molar-refractivity contribution is 0.384. The van der Waals surface area contributed by atoms with Crippen molar-refractivity contribution in [2.45, 2.75) is 38.5 Å². The summed E-state index contributed by atoms with van der Waals surface area (Å²) in [5, 5.41) is 0.840. The van der Waals surface area contributed by atoms with Crippen molar-refractivity contribution in [3.8, 4) is 0 Å². The van der Waals surface area contributed by atoms with Gasteiger partial charge in [0.1, 0.15) is 16.5 Å². The van der Waals surface area contributed by atoms with Crippen LogP contribution in [0.5, 0.6) is 0 Å². The normalized spacial score (nSPS) is 15.8. The molecule has 0 atom stereocenters. The maximum absolute atomic E-state index is 13.4. The molecule has 1 saturated heterocycles. The number of piperazine rings is 1. The molecular formula is C22H27N5O2S. The molecule has 2 aromatic heterocycles. The molecule has 1 fully saturated rings. The van der Waals surface area contributed by atoms with E-state index in [1.807, 2.05) is 32.0 Å². The van der Waals surface area contributed by atoms with E-state index in [4.69, 9.17) is 0 Å². The zero-order valence-corrected chi connectivity index (χ0v) is 18.6. The van der Waals surface area contributed by atoms with Gasteiger partial charge < -0.3 is 4.90 Å². The van der Waals surface area contributed by atoms with Gasteiger partial charge in [-0.3, -0.25) is 4.98 Å². The number of fused-ring (bicyclic) bond motifs is 1. The summed E-state index contributed by atoms with van der Waals surface area (Å²) in [6.07, 6.45) is 1.71. The van der Waals surface area contributed by atoms with Crippen LogP contribution >= 0.6 is 0 Å². The van der Waals surface area contributed by atoms with Crippen molar-refractivity contribution in [3.63, 3.8) is 0 Å². The fourth-order valence-corrected chi connectivity index (χ4v) is 5.33. The van der Waals surface area contributed by atoms with Gasteiger partial charge in [-0.05, 0) is 31.5 Å². The standard InChI is InChI=1S/C22H27N5O2S/c1-15(2)22-24-17(4)13-20(25-22)26-8-10-27(11-9-26)30(28,29)19-7-5-6-18-12-16(3)14-23-21(18)19/h5-7,12-15H,8-11H2,1-4H3. The number of hydrogen-bond acceptors (Lipinski definition) is 6. The van der Waals surface area contributed by atoms with E-state index >= 15 is 0 Å². The molecule has 0 aliphatic carbocycles. The van der Waals surface area contributed by atoms with Crippen molar-refractivity contribution >= 4 is 26.7 Å². The van der Waals surface area contributed by atoms with E-state index in [0.717, 1.165) is 28.3 Å². The molecule has 1 aliphatic rings. The second kappa shape index (κ2) is 7.92. The summed E-state index contributed by atoms with van der Waals surface area (Å²) >= 11 is 0. The predicted octanol–water partition coefficient (Wildman–Crippen LogP) is 3.28. The molecule has 0 saturated carbocycles. The zero-order chi connectivity index (χ0) is 21.5. The van der Waals surface area contributed by atoms with Crippen LogP contribution in [0.25, 0.3) is 10.9 Å². The molecule has 3 aromatic rings. The SMILES string of the molecule is Cc1cnc2c(S(=O)(=O)N3CCN(c4cc(C)nc(C(C)C)n4)CC3)cccc2c1. The Hall–Kier alpha value is -2.58. The van der Waals surface area contributed by atoms with E-state index in [0.29, 0.717) is 31.7 Å². The zero-order valence-electron chi connectivity index (χ0n) is 17.8. The van der Waals surface area contributed by atoms with Crippen LogP contribution in [0.3, 0.4) is 0 Å². The number of para-hydroxylation sites is 1. The summed E-state index contributed by atoms with van der Waals surface area (Å²) in [6.45, 7) is 10.1. The quantitative estimate of drug-likeness (QED) is 0.638. The van der Waals surface area contributed by atoms with E-state index in [9.17, 15) is 8.42 Å². The number of aromatic nitrogens is 3. The highest BCUT2D eigenvalue weighted by Gasteiger charge is 2.30. The van der Waals surface area contributed by atoms with Crippen molar-refractivity contribution < 1.29 is 8.42 Å². The second-order valence-electron chi connectivity index (χ2n) is 8.11. The maximum Gasteiger partial charge on any atom is 0.245 e. The minimum Gasteiger partial charge on any atom is -0.354 e. The Morgan fingerprint density at radius 1 is 1.00 bits per heavy atom. The molecule has 0 N–H and O–H groups in total. The Morgan fingerprint density at radius 2 is 1.73 bits per heavy atom. The molecule has 30 heavy (non-hydrogen) atoms. The first-order valence-electron chi connectivity index (χ1n) is 10.2. The van der Waals surface area contributed by atoms with Gasteiger partial charge in [-0.1, -0.05) is 26.0 Å². The van der Waals surface area contributed by atoms with E-state index in [1.54, 1.807) is 22.6 Å². The molecule has 7 nitrogen and oxygen atoms in total. The molecule has 158 valence electrons. The smallest absolute Gasteiger partial charge is 0.245 e. The minimum atomic E-state index is -3.63. The van der Waals surface area contributed by atoms with Gasteiger partial charge in [0.15, 0.2) is 0 Å². The number of pyridine rings is 1. The van der Waals surface area contributed by atoms with Gasteiger partial charge in [-0.2, -0.15) is 4.31 Å². The number of sulfonamides is 1. The molecule has 4 rings (SSSR count). The van der Waals surface area contributed by atoms with Crippen LogP contribution in [0.2, 0.25) is 0 Å². The van der Waals surface area contributed by atoms with E-state index in [1.165, 1.54) is 0 Å². The van der Waals surface area contributed by atoms with E-state index in [2.05, 4.69) is 33.7 Å². The van der Waals surface area contributed by atoms with Gasteiger partial charge in [-0.25, -0.2) is 18.4 Å².